The fourth-order valence-corrected chi connectivity index (χ4v) is 1.78. The fraction of sp³-hybridized carbons (Fsp3) is 0.571. The molecule has 0 unspecified atom stereocenters. The van der Waals surface area contributed by atoms with Crippen molar-refractivity contribution in [1.29, 1.82) is 0 Å². The van der Waals surface area contributed by atoms with Crippen molar-refractivity contribution in [2.45, 2.75) is 25.3 Å². The van der Waals surface area contributed by atoms with Crippen LogP contribution in [0.5, 0.6) is 0 Å². The van der Waals surface area contributed by atoms with Crippen molar-refractivity contribution in [2.75, 3.05) is 0 Å². The van der Waals surface area contributed by atoms with Gasteiger partial charge < -0.3 is 0 Å². The number of aromatic nitrogens is 2. The maximum Gasteiger partial charge on any atom is 0.267 e. The van der Waals surface area contributed by atoms with Gasteiger partial charge in [0.2, 0.25) is 5.95 Å². The topological polar surface area (TPSA) is 52.0 Å². The second kappa shape index (κ2) is 3.86. The summed E-state index contributed by atoms with van der Waals surface area (Å²) in [5.74, 6) is -0.732. The Balaban J connectivity index is 3.09. The summed E-state index contributed by atoms with van der Waals surface area (Å²) in [5, 5.41) is 3.60. The maximum atomic E-state index is 13.3. The van der Waals surface area contributed by atoms with Crippen LogP contribution in [0, 0.1) is 11.9 Å². The lowest BCUT2D eigenvalue weighted by Crippen LogP contribution is -2.09. The molecule has 0 atom stereocenters. The van der Waals surface area contributed by atoms with Gasteiger partial charge in [-0.15, -0.1) is 0 Å². The second-order valence-corrected chi connectivity index (χ2v) is 5.85. The van der Waals surface area contributed by atoms with E-state index in [4.69, 9.17) is 10.7 Å². The van der Waals surface area contributed by atoms with E-state index in [1.807, 2.05) is 13.8 Å². The molecular weight excluding hydrogens is 231 g/mol. The fourth-order valence-electron chi connectivity index (χ4n) is 0.990. The highest BCUT2D eigenvalue weighted by molar-refractivity contribution is 8.13. The molecule has 14 heavy (non-hydrogen) atoms. The number of halogens is 2. The Hall–Kier alpha value is -0.620. The van der Waals surface area contributed by atoms with Crippen LogP contribution in [0.3, 0.4) is 0 Å². The van der Waals surface area contributed by atoms with Crippen LogP contribution in [-0.4, -0.2) is 18.2 Å². The molecule has 0 fully saturated rings. The molecule has 0 aromatic carbocycles. The van der Waals surface area contributed by atoms with Crippen molar-refractivity contribution in [3.63, 3.8) is 0 Å². The van der Waals surface area contributed by atoms with Gasteiger partial charge in [-0.05, 0) is 5.92 Å². The highest BCUT2D eigenvalue weighted by Gasteiger charge is 2.21. The Kier molecular flexibility index (Phi) is 3.16. The molecule has 1 aromatic rings. The monoisotopic (exact) mass is 240 g/mol. The third-order valence-corrected chi connectivity index (χ3v) is 2.84. The van der Waals surface area contributed by atoms with E-state index in [1.54, 1.807) is 0 Å². The molecule has 1 rings (SSSR count). The number of rotatable bonds is 3. The van der Waals surface area contributed by atoms with Crippen molar-refractivity contribution in [1.82, 2.24) is 9.78 Å². The lowest BCUT2D eigenvalue weighted by atomic mass is 10.2. The average Bonchev–Trinajstić information content (AvgIpc) is 2.30. The summed E-state index contributed by atoms with van der Waals surface area (Å²) >= 11 is 0. The second-order valence-electron chi connectivity index (χ2n) is 3.31. The van der Waals surface area contributed by atoms with E-state index >= 15 is 0 Å². The van der Waals surface area contributed by atoms with E-state index < -0.39 is 19.9 Å². The lowest BCUT2D eigenvalue weighted by molar-refractivity contribution is 0.394. The molecule has 0 aliphatic rings. The molecule has 0 saturated heterocycles. The first-order chi connectivity index (χ1) is 6.32. The Bertz CT molecular complexity index is 427. The van der Waals surface area contributed by atoms with Gasteiger partial charge in [-0.2, -0.15) is 9.49 Å². The van der Waals surface area contributed by atoms with Gasteiger partial charge in [-0.25, -0.2) is 13.1 Å². The van der Waals surface area contributed by atoms with Gasteiger partial charge >= 0.3 is 0 Å². The Labute approximate surface area is 86.1 Å². The number of nitrogens with zero attached hydrogens (tertiary/aromatic N) is 2. The van der Waals surface area contributed by atoms with Crippen LogP contribution < -0.4 is 0 Å². The third-order valence-electron chi connectivity index (χ3n) is 1.55. The van der Waals surface area contributed by atoms with Crippen molar-refractivity contribution in [3.8, 4) is 0 Å². The Morgan fingerprint density at radius 1 is 1.64 bits per heavy atom. The molecule has 0 aliphatic carbocycles. The molecule has 7 heteroatoms. The minimum atomic E-state index is -4.03. The molecule has 4 nitrogen and oxygen atoms in total. The standard InChI is InChI=1S/C7H10ClFN2O2S/c1-5(2)4-11-7(9)6(3-10-11)14(8,12)13/h3,5H,4H2,1-2H3. The van der Waals surface area contributed by atoms with Crippen LogP contribution in [0.1, 0.15) is 13.8 Å². The first-order valence-corrected chi connectivity index (χ1v) is 6.29. The molecule has 0 spiro atoms. The molecule has 80 valence electrons. The predicted octanol–water partition coefficient (Wildman–Crippen LogP) is 1.61. The zero-order valence-electron chi connectivity index (χ0n) is 7.74. The van der Waals surface area contributed by atoms with E-state index in [2.05, 4.69) is 5.10 Å². The van der Waals surface area contributed by atoms with Crippen LogP contribution in [0.2, 0.25) is 0 Å². The number of hydrogen-bond donors (Lipinski definition) is 0. The zero-order valence-corrected chi connectivity index (χ0v) is 9.31. The lowest BCUT2D eigenvalue weighted by Gasteiger charge is -2.04. The zero-order chi connectivity index (χ0) is 10.9. The maximum absolute atomic E-state index is 13.3. The van der Waals surface area contributed by atoms with E-state index in [0.717, 1.165) is 10.9 Å². The average molecular weight is 241 g/mol. The molecule has 0 saturated carbocycles. The quantitative estimate of drug-likeness (QED) is 0.755. The van der Waals surface area contributed by atoms with Crippen molar-refractivity contribution in [2.24, 2.45) is 5.92 Å². The molecule has 0 bridgehead atoms. The Morgan fingerprint density at radius 2 is 2.21 bits per heavy atom. The summed E-state index contributed by atoms with van der Waals surface area (Å²) in [5.41, 5.74) is 0. The van der Waals surface area contributed by atoms with E-state index in [0.29, 0.717) is 6.54 Å². The van der Waals surface area contributed by atoms with E-state index in [1.165, 1.54) is 0 Å². The minimum absolute atomic E-state index is 0.176. The van der Waals surface area contributed by atoms with Crippen LogP contribution in [0.25, 0.3) is 0 Å². The molecule has 0 radical (unpaired) electrons. The van der Waals surface area contributed by atoms with E-state index in [9.17, 15) is 12.8 Å². The number of hydrogen-bond acceptors (Lipinski definition) is 3. The summed E-state index contributed by atoms with van der Waals surface area (Å²) < 4.78 is 36.0. The summed E-state index contributed by atoms with van der Waals surface area (Å²) in [6.45, 7) is 4.06. The van der Waals surface area contributed by atoms with Crippen molar-refractivity contribution in [3.05, 3.63) is 12.1 Å². The van der Waals surface area contributed by atoms with Gasteiger partial charge in [0.25, 0.3) is 9.05 Å². The first kappa shape index (κ1) is 11.5. The molecule has 0 aliphatic heterocycles. The predicted molar refractivity (Wildman–Crippen MR) is 50.1 cm³/mol. The van der Waals surface area contributed by atoms with Gasteiger partial charge in [0.1, 0.15) is 0 Å². The van der Waals surface area contributed by atoms with Crippen LogP contribution in [-0.2, 0) is 15.6 Å². The van der Waals surface area contributed by atoms with Gasteiger partial charge in [0, 0.05) is 17.2 Å². The summed E-state index contributed by atoms with van der Waals surface area (Å²) in [6, 6.07) is 0. The largest absolute Gasteiger partial charge is 0.267 e. The molecule has 0 amide bonds. The highest BCUT2D eigenvalue weighted by Crippen LogP contribution is 2.18. The van der Waals surface area contributed by atoms with Gasteiger partial charge in [-0.1, -0.05) is 13.8 Å². The molecule has 1 aromatic heterocycles. The summed E-state index contributed by atoms with van der Waals surface area (Å²) in [7, 11) is 0.958. The van der Waals surface area contributed by atoms with E-state index in [-0.39, 0.29) is 5.92 Å². The van der Waals surface area contributed by atoms with Crippen LogP contribution >= 0.6 is 10.7 Å². The molecule has 1 heterocycles. The Morgan fingerprint density at radius 3 is 2.57 bits per heavy atom. The first-order valence-electron chi connectivity index (χ1n) is 3.98. The summed E-state index contributed by atoms with van der Waals surface area (Å²) in [4.78, 5) is -0.570. The molecular formula is C7H10ClFN2O2S. The van der Waals surface area contributed by atoms with Gasteiger partial charge in [0.15, 0.2) is 4.90 Å². The smallest absolute Gasteiger partial charge is 0.238 e. The SMILES string of the molecule is CC(C)Cn1ncc(S(=O)(=O)Cl)c1F. The third kappa shape index (κ3) is 2.45. The van der Waals surface area contributed by atoms with Crippen molar-refractivity contribution < 1.29 is 12.8 Å². The molecule has 0 N–H and O–H groups in total. The van der Waals surface area contributed by atoms with Gasteiger partial charge in [0.05, 0.1) is 6.20 Å². The minimum Gasteiger partial charge on any atom is -0.238 e. The van der Waals surface area contributed by atoms with Crippen molar-refractivity contribution >= 4 is 19.7 Å². The van der Waals surface area contributed by atoms with Crippen LogP contribution in [0.15, 0.2) is 11.1 Å². The summed E-state index contributed by atoms with van der Waals surface area (Å²) in [6.07, 6.45) is 0.917. The normalized spacial score (nSPS) is 12.4. The van der Waals surface area contributed by atoms with Crippen LogP contribution in [0.4, 0.5) is 4.39 Å². The highest BCUT2D eigenvalue weighted by atomic mass is 35.7. The van der Waals surface area contributed by atoms with Gasteiger partial charge in [-0.3, -0.25) is 0 Å².